The van der Waals surface area contributed by atoms with Gasteiger partial charge in [-0.25, -0.2) is 0 Å². The molecule has 0 aliphatic carbocycles. The van der Waals surface area contributed by atoms with Crippen LogP contribution in [0, 0.1) is 0 Å². The number of halogens is 1. The normalized spacial score (nSPS) is 10.6. The molecule has 1 aromatic carbocycles. The van der Waals surface area contributed by atoms with Crippen LogP contribution in [0.1, 0.15) is 17.4 Å². The van der Waals surface area contributed by atoms with E-state index in [1.807, 2.05) is 31.2 Å². The van der Waals surface area contributed by atoms with Crippen LogP contribution in [0.5, 0.6) is 11.5 Å². The molecule has 19 heavy (non-hydrogen) atoms. The summed E-state index contributed by atoms with van der Waals surface area (Å²) in [4.78, 5) is 1.17. The lowest BCUT2D eigenvalue weighted by Crippen LogP contribution is -2.12. The fraction of sp³-hybridized carbons (Fsp3) is 0.286. The fourth-order valence-corrected chi connectivity index (χ4v) is 2.81. The maximum Gasteiger partial charge on any atom is 0.162 e. The number of nitrogens with one attached hydrogen (secondary N) is 1. The van der Waals surface area contributed by atoms with Crippen LogP contribution >= 0.6 is 22.9 Å². The van der Waals surface area contributed by atoms with Crippen molar-refractivity contribution < 1.29 is 9.84 Å². The molecule has 3 nitrogen and oxygen atoms in total. The minimum absolute atomic E-state index is 0.209. The first-order valence-electron chi connectivity index (χ1n) is 6.09. The Morgan fingerprint density at radius 3 is 2.79 bits per heavy atom. The van der Waals surface area contributed by atoms with Gasteiger partial charge in [-0.05, 0) is 25.1 Å². The molecule has 2 rings (SSSR count). The van der Waals surface area contributed by atoms with E-state index >= 15 is 0 Å². The lowest BCUT2D eigenvalue weighted by molar-refractivity contribution is 0.316. The Morgan fingerprint density at radius 2 is 2.11 bits per heavy atom. The number of para-hydroxylation sites is 1. The molecule has 0 radical (unpaired) electrons. The summed E-state index contributed by atoms with van der Waals surface area (Å²) in [5.41, 5.74) is 0.827. The molecule has 0 fully saturated rings. The van der Waals surface area contributed by atoms with E-state index in [0.29, 0.717) is 18.9 Å². The number of phenols is 1. The van der Waals surface area contributed by atoms with Crippen LogP contribution in [0.3, 0.4) is 0 Å². The molecule has 0 aliphatic heterocycles. The van der Waals surface area contributed by atoms with Gasteiger partial charge >= 0.3 is 0 Å². The first kappa shape index (κ1) is 14.2. The zero-order valence-electron chi connectivity index (χ0n) is 10.6. The SMILES string of the molecule is CCOc1cccc(CNCc2ccc(Cl)s2)c1O. The van der Waals surface area contributed by atoms with E-state index in [4.69, 9.17) is 16.3 Å². The van der Waals surface area contributed by atoms with E-state index in [-0.39, 0.29) is 5.75 Å². The monoisotopic (exact) mass is 297 g/mol. The van der Waals surface area contributed by atoms with E-state index in [9.17, 15) is 5.11 Å². The van der Waals surface area contributed by atoms with Crippen LogP contribution in [-0.2, 0) is 13.1 Å². The molecule has 1 aromatic heterocycles. The van der Waals surface area contributed by atoms with Gasteiger partial charge in [-0.3, -0.25) is 0 Å². The van der Waals surface area contributed by atoms with Crippen LogP contribution < -0.4 is 10.1 Å². The Morgan fingerprint density at radius 1 is 1.26 bits per heavy atom. The molecule has 2 N–H and O–H groups in total. The molecular formula is C14H16ClNO2S. The minimum atomic E-state index is 0.209. The number of ether oxygens (including phenoxy) is 1. The maximum atomic E-state index is 10.0. The van der Waals surface area contributed by atoms with Gasteiger partial charge in [-0.1, -0.05) is 23.7 Å². The topological polar surface area (TPSA) is 41.5 Å². The second-order valence-electron chi connectivity index (χ2n) is 4.01. The third kappa shape index (κ3) is 3.86. The maximum absolute atomic E-state index is 10.0. The average Bonchev–Trinajstić information content (AvgIpc) is 2.80. The number of phenolic OH excluding ortho intramolecular Hbond substituents is 1. The molecule has 0 atom stereocenters. The highest BCUT2D eigenvalue weighted by atomic mass is 35.5. The molecule has 0 unspecified atom stereocenters. The van der Waals surface area contributed by atoms with Gasteiger partial charge in [0.15, 0.2) is 11.5 Å². The van der Waals surface area contributed by atoms with Crippen molar-refractivity contribution >= 4 is 22.9 Å². The average molecular weight is 298 g/mol. The molecule has 0 saturated carbocycles. The van der Waals surface area contributed by atoms with E-state index in [0.717, 1.165) is 16.4 Å². The quantitative estimate of drug-likeness (QED) is 0.852. The molecule has 0 aliphatic rings. The predicted octanol–water partition coefficient (Wildman–Crippen LogP) is 3.80. The third-order valence-corrected chi connectivity index (χ3v) is 3.86. The van der Waals surface area contributed by atoms with Crippen molar-refractivity contribution in [3.8, 4) is 11.5 Å². The van der Waals surface area contributed by atoms with Crippen molar-refractivity contribution in [2.75, 3.05) is 6.61 Å². The molecule has 0 spiro atoms. The molecule has 1 heterocycles. The zero-order valence-corrected chi connectivity index (χ0v) is 12.2. The van der Waals surface area contributed by atoms with Gasteiger partial charge in [0.2, 0.25) is 0 Å². The fourth-order valence-electron chi connectivity index (χ4n) is 1.75. The number of benzene rings is 1. The highest BCUT2D eigenvalue weighted by molar-refractivity contribution is 7.16. The lowest BCUT2D eigenvalue weighted by atomic mass is 10.2. The van der Waals surface area contributed by atoms with Gasteiger partial charge in [0.25, 0.3) is 0 Å². The molecular weight excluding hydrogens is 282 g/mol. The number of rotatable bonds is 6. The van der Waals surface area contributed by atoms with Crippen molar-refractivity contribution in [2.45, 2.75) is 20.0 Å². The first-order chi connectivity index (χ1) is 9.20. The third-order valence-electron chi connectivity index (χ3n) is 2.63. The highest BCUT2D eigenvalue weighted by Crippen LogP contribution is 2.29. The summed E-state index contributed by atoms with van der Waals surface area (Å²) in [7, 11) is 0. The second kappa shape index (κ2) is 6.80. The van der Waals surface area contributed by atoms with Gasteiger partial charge in [0.05, 0.1) is 10.9 Å². The van der Waals surface area contributed by atoms with Crippen LogP contribution in [0.2, 0.25) is 4.34 Å². The summed E-state index contributed by atoms with van der Waals surface area (Å²) in [5.74, 6) is 0.738. The first-order valence-corrected chi connectivity index (χ1v) is 7.28. The Bertz CT molecular complexity index is 542. The zero-order chi connectivity index (χ0) is 13.7. The summed E-state index contributed by atoms with van der Waals surface area (Å²) in [6.45, 7) is 3.75. The number of hydrogen-bond donors (Lipinski definition) is 2. The van der Waals surface area contributed by atoms with Gasteiger partial charge in [-0.15, -0.1) is 11.3 Å². The largest absolute Gasteiger partial charge is 0.504 e. The van der Waals surface area contributed by atoms with Crippen molar-refractivity contribution in [2.24, 2.45) is 0 Å². The Labute approximate surface area is 121 Å². The molecule has 0 saturated heterocycles. The van der Waals surface area contributed by atoms with Crippen molar-refractivity contribution in [1.29, 1.82) is 0 Å². The summed E-state index contributed by atoms with van der Waals surface area (Å²) in [5, 5.41) is 13.3. The van der Waals surface area contributed by atoms with Gasteiger partial charge < -0.3 is 15.2 Å². The molecule has 102 valence electrons. The smallest absolute Gasteiger partial charge is 0.162 e. The van der Waals surface area contributed by atoms with Crippen molar-refractivity contribution in [3.05, 3.63) is 45.1 Å². The van der Waals surface area contributed by atoms with E-state index in [1.165, 1.54) is 4.88 Å². The Balaban J connectivity index is 1.94. The predicted molar refractivity (Wildman–Crippen MR) is 79.1 cm³/mol. The van der Waals surface area contributed by atoms with Crippen LogP contribution in [-0.4, -0.2) is 11.7 Å². The Kier molecular flexibility index (Phi) is 5.07. The second-order valence-corrected chi connectivity index (χ2v) is 5.81. The highest BCUT2D eigenvalue weighted by Gasteiger charge is 2.07. The molecule has 5 heteroatoms. The lowest BCUT2D eigenvalue weighted by Gasteiger charge is -2.10. The molecule has 2 aromatic rings. The summed E-state index contributed by atoms with van der Waals surface area (Å²) >= 11 is 7.43. The molecule has 0 amide bonds. The van der Waals surface area contributed by atoms with E-state index in [2.05, 4.69) is 5.32 Å². The standard InChI is InChI=1S/C14H16ClNO2S/c1-2-18-12-5-3-4-10(14(12)17)8-16-9-11-6-7-13(15)19-11/h3-7,16-17H,2,8-9H2,1H3. The molecule has 0 bridgehead atoms. The van der Waals surface area contributed by atoms with Gasteiger partial charge in [0.1, 0.15) is 0 Å². The summed E-state index contributed by atoms with van der Waals surface area (Å²) < 4.78 is 6.14. The number of thiophene rings is 1. The van der Waals surface area contributed by atoms with Gasteiger partial charge in [-0.2, -0.15) is 0 Å². The van der Waals surface area contributed by atoms with E-state index in [1.54, 1.807) is 17.4 Å². The van der Waals surface area contributed by atoms with Crippen molar-refractivity contribution in [3.63, 3.8) is 0 Å². The van der Waals surface area contributed by atoms with Crippen LogP contribution in [0.15, 0.2) is 30.3 Å². The van der Waals surface area contributed by atoms with Crippen molar-refractivity contribution in [1.82, 2.24) is 5.32 Å². The summed E-state index contributed by atoms with van der Waals surface area (Å²) in [6.07, 6.45) is 0. The van der Waals surface area contributed by atoms with E-state index < -0.39 is 0 Å². The number of aromatic hydroxyl groups is 1. The van der Waals surface area contributed by atoms with Gasteiger partial charge in [0, 0.05) is 23.5 Å². The summed E-state index contributed by atoms with van der Waals surface area (Å²) in [6, 6.07) is 9.41. The Hall–Kier alpha value is -1.23. The van der Waals surface area contributed by atoms with Crippen LogP contribution in [0.4, 0.5) is 0 Å². The van der Waals surface area contributed by atoms with Crippen LogP contribution in [0.25, 0.3) is 0 Å². The number of hydrogen-bond acceptors (Lipinski definition) is 4. The minimum Gasteiger partial charge on any atom is -0.504 e.